The van der Waals surface area contributed by atoms with Crippen LogP contribution in [0.2, 0.25) is 0 Å². The van der Waals surface area contributed by atoms with Crippen LogP contribution in [0.3, 0.4) is 0 Å². The topological polar surface area (TPSA) is 61.6 Å². The molecule has 5 heteroatoms. The molecule has 0 radical (unpaired) electrons. The number of nitriles is 1. The lowest BCUT2D eigenvalue weighted by Crippen LogP contribution is -2.42. The molecule has 1 heterocycles. The largest absolute Gasteiger partial charge is 0.300 e. The maximum Gasteiger partial charge on any atom is 0.187 e. The zero-order valence-corrected chi connectivity index (χ0v) is 12.2. The Kier molecular flexibility index (Phi) is 5.57. The SMILES string of the molecule is CCNC(C)(C#N)CC(C)Sc1ncc(C)cn1. The van der Waals surface area contributed by atoms with Crippen LogP contribution in [0.15, 0.2) is 17.6 Å². The van der Waals surface area contributed by atoms with Gasteiger partial charge in [0.05, 0.1) is 6.07 Å². The molecule has 4 nitrogen and oxygen atoms in total. The lowest BCUT2D eigenvalue weighted by Gasteiger charge is -2.25. The summed E-state index contributed by atoms with van der Waals surface area (Å²) in [6.07, 6.45) is 4.39. The fraction of sp³-hybridized carbons (Fsp3) is 0.615. The highest BCUT2D eigenvalue weighted by atomic mass is 32.2. The zero-order chi connectivity index (χ0) is 13.6. The summed E-state index contributed by atoms with van der Waals surface area (Å²) in [5.74, 6) is 0. The third kappa shape index (κ3) is 4.63. The Balaban J connectivity index is 2.58. The van der Waals surface area contributed by atoms with E-state index in [0.29, 0.717) is 0 Å². The van der Waals surface area contributed by atoms with Gasteiger partial charge in [0.25, 0.3) is 0 Å². The van der Waals surface area contributed by atoms with Crippen molar-refractivity contribution in [1.29, 1.82) is 5.26 Å². The first-order valence-electron chi connectivity index (χ1n) is 6.10. The highest BCUT2D eigenvalue weighted by Crippen LogP contribution is 2.25. The van der Waals surface area contributed by atoms with Crippen LogP contribution in [-0.2, 0) is 0 Å². The van der Waals surface area contributed by atoms with E-state index in [1.807, 2.05) is 33.2 Å². The molecule has 0 aromatic carbocycles. The molecule has 1 N–H and O–H groups in total. The Hall–Kier alpha value is -1.12. The van der Waals surface area contributed by atoms with E-state index in [4.69, 9.17) is 0 Å². The standard InChI is InChI=1S/C13H20N4S/c1-5-17-13(4,9-14)6-11(3)18-12-15-7-10(2)8-16-12/h7-8,11,17H,5-6H2,1-4H3. The molecule has 1 rings (SSSR count). The minimum atomic E-state index is -0.480. The Morgan fingerprint density at radius 1 is 1.50 bits per heavy atom. The lowest BCUT2D eigenvalue weighted by atomic mass is 9.98. The van der Waals surface area contributed by atoms with E-state index < -0.39 is 5.54 Å². The molecule has 0 spiro atoms. The number of hydrogen-bond donors (Lipinski definition) is 1. The normalized spacial score (nSPS) is 15.7. The molecule has 1 aromatic rings. The molecule has 1 aromatic heterocycles. The summed E-state index contributed by atoms with van der Waals surface area (Å²) in [6.45, 7) is 8.80. The Bertz CT molecular complexity index is 412. The molecule has 2 unspecified atom stereocenters. The van der Waals surface area contributed by atoms with Crippen LogP contribution < -0.4 is 5.32 Å². The number of nitrogens with zero attached hydrogens (tertiary/aromatic N) is 3. The van der Waals surface area contributed by atoms with E-state index in [-0.39, 0.29) is 5.25 Å². The maximum atomic E-state index is 9.21. The minimum Gasteiger partial charge on any atom is -0.300 e. The van der Waals surface area contributed by atoms with Crippen LogP contribution in [0.25, 0.3) is 0 Å². The third-order valence-corrected chi connectivity index (χ3v) is 3.56. The predicted octanol–water partition coefficient (Wildman–Crippen LogP) is 2.55. The number of aromatic nitrogens is 2. The molecule has 2 atom stereocenters. The van der Waals surface area contributed by atoms with Crippen LogP contribution in [-0.4, -0.2) is 27.3 Å². The van der Waals surface area contributed by atoms with E-state index in [1.54, 1.807) is 11.8 Å². The summed E-state index contributed by atoms with van der Waals surface area (Å²) in [7, 11) is 0. The van der Waals surface area contributed by atoms with Crippen LogP contribution >= 0.6 is 11.8 Å². The van der Waals surface area contributed by atoms with Crippen LogP contribution in [0.1, 0.15) is 32.8 Å². The lowest BCUT2D eigenvalue weighted by molar-refractivity contribution is 0.429. The van der Waals surface area contributed by atoms with Gasteiger partial charge in [-0.1, -0.05) is 25.6 Å². The Labute approximate surface area is 113 Å². The molecule has 0 aliphatic carbocycles. The molecule has 0 amide bonds. The first kappa shape index (κ1) is 14.9. The second-order valence-corrected chi connectivity index (χ2v) is 6.06. The maximum absolute atomic E-state index is 9.21. The van der Waals surface area contributed by atoms with Crippen LogP contribution in [0.5, 0.6) is 0 Å². The first-order chi connectivity index (χ1) is 8.49. The van der Waals surface area contributed by atoms with Crippen molar-refractivity contribution < 1.29 is 0 Å². The van der Waals surface area contributed by atoms with Crippen molar-refractivity contribution in [3.05, 3.63) is 18.0 Å². The molecule has 0 saturated heterocycles. The summed E-state index contributed by atoms with van der Waals surface area (Å²) in [5.41, 5.74) is 0.577. The minimum absolute atomic E-state index is 0.288. The highest BCUT2D eigenvalue weighted by Gasteiger charge is 2.25. The molecule has 0 aliphatic heterocycles. The summed E-state index contributed by atoms with van der Waals surface area (Å²) >= 11 is 1.61. The van der Waals surface area contributed by atoms with Crippen molar-refractivity contribution in [3.8, 4) is 6.07 Å². The fourth-order valence-electron chi connectivity index (χ4n) is 1.79. The van der Waals surface area contributed by atoms with Crippen molar-refractivity contribution in [2.24, 2.45) is 0 Å². The quantitative estimate of drug-likeness (QED) is 0.632. The van der Waals surface area contributed by atoms with Crippen molar-refractivity contribution >= 4 is 11.8 Å². The van der Waals surface area contributed by atoms with Gasteiger partial charge in [-0.25, -0.2) is 9.97 Å². The molecule has 18 heavy (non-hydrogen) atoms. The van der Waals surface area contributed by atoms with Gasteiger partial charge in [0.15, 0.2) is 5.16 Å². The summed E-state index contributed by atoms with van der Waals surface area (Å²) in [5, 5.41) is 13.5. The molecular weight excluding hydrogens is 244 g/mol. The average Bonchev–Trinajstić information content (AvgIpc) is 2.32. The summed E-state index contributed by atoms with van der Waals surface area (Å²) in [4.78, 5) is 8.54. The van der Waals surface area contributed by atoms with E-state index in [9.17, 15) is 5.26 Å². The van der Waals surface area contributed by atoms with E-state index in [2.05, 4.69) is 28.3 Å². The molecule has 0 aliphatic rings. The van der Waals surface area contributed by atoms with Gasteiger partial charge in [0.2, 0.25) is 0 Å². The fourth-order valence-corrected chi connectivity index (χ4v) is 2.79. The molecule has 0 fully saturated rings. The first-order valence-corrected chi connectivity index (χ1v) is 6.98. The van der Waals surface area contributed by atoms with Gasteiger partial charge in [0.1, 0.15) is 5.54 Å². The van der Waals surface area contributed by atoms with Crippen LogP contribution in [0, 0.1) is 18.3 Å². The number of hydrogen-bond acceptors (Lipinski definition) is 5. The van der Waals surface area contributed by atoms with Gasteiger partial charge >= 0.3 is 0 Å². The average molecular weight is 264 g/mol. The summed E-state index contributed by atoms with van der Waals surface area (Å²) < 4.78 is 0. The Morgan fingerprint density at radius 2 is 2.11 bits per heavy atom. The summed E-state index contributed by atoms with van der Waals surface area (Å²) in [6, 6.07) is 2.34. The molecule has 0 saturated carbocycles. The van der Waals surface area contributed by atoms with Crippen molar-refractivity contribution in [2.75, 3.05) is 6.54 Å². The second-order valence-electron chi connectivity index (χ2n) is 4.65. The number of aryl methyl sites for hydroxylation is 1. The van der Waals surface area contributed by atoms with Gasteiger partial charge in [-0.05, 0) is 32.4 Å². The molecule has 0 bridgehead atoms. The molecule has 98 valence electrons. The third-order valence-electron chi connectivity index (χ3n) is 2.57. The number of nitrogens with one attached hydrogen (secondary N) is 1. The van der Waals surface area contributed by atoms with Crippen molar-refractivity contribution in [1.82, 2.24) is 15.3 Å². The van der Waals surface area contributed by atoms with E-state index >= 15 is 0 Å². The van der Waals surface area contributed by atoms with Gasteiger partial charge in [-0.3, -0.25) is 5.32 Å². The van der Waals surface area contributed by atoms with Gasteiger partial charge < -0.3 is 0 Å². The molecular formula is C13H20N4S. The van der Waals surface area contributed by atoms with Crippen molar-refractivity contribution in [3.63, 3.8) is 0 Å². The monoisotopic (exact) mass is 264 g/mol. The van der Waals surface area contributed by atoms with Crippen molar-refractivity contribution in [2.45, 2.75) is 50.1 Å². The number of rotatable bonds is 6. The number of thioether (sulfide) groups is 1. The second kappa shape index (κ2) is 6.72. The predicted molar refractivity (Wildman–Crippen MR) is 74.4 cm³/mol. The van der Waals surface area contributed by atoms with Gasteiger partial charge in [-0.15, -0.1) is 0 Å². The zero-order valence-electron chi connectivity index (χ0n) is 11.4. The Morgan fingerprint density at radius 3 is 2.61 bits per heavy atom. The smallest absolute Gasteiger partial charge is 0.187 e. The van der Waals surface area contributed by atoms with E-state index in [0.717, 1.165) is 23.7 Å². The van der Waals surface area contributed by atoms with Gasteiger partial charge in [-0.2, -0.15) is 5.26 Å². The van der Waals surface area contributed by atoms with E-state index in [1.165, 1.54) is 0 Å². The highest BCUT2D eigenvalue weighted by molar-refractivity contribution is 7.99. The van der Waals surface area contributed by atoms with Gasteiger partial charge in [0, 0.05) is 17.6 Å². The van der Waals surface area contributed by atoms with Crippen LogP contribution in [0.4, 0.5) is 0 Å².